The third-order valence-corrected chi connectivity index (χ3v) is 1.28. The van der Waals surface area contributed by atoms with E-state index in [1.54, 1.807) is 19.1 Å². The van der Waals surface area contributed by atoms with Gasteiger partial charge in [-0.1, -0.05) is 18.2 Å². The van der Waals surface area contributed by atoms with Crippen molar-refractivity contribution in [2.45, 2.75) is 6.92 Å². The van der Waals surface area contributed by atoms with E-state index < -0.39 is 0 Å². The van der Waals surface area contributed by atoms with Crippen molar-refractivity contribution < 1.29 is 9.53 Å². The third kappa shape index (κ3) is 3.57. The van der Waals surface area contributed by atoms with Crippen LogP contribution in [0, 0.1) is 0 Å². The van der Waals surface area contributed by atoms with Crippen LogP contribution in [0.1, 0.15) is 17.3 Å². The second-order valence-corrected chi connectivity index (χ2v) is 2.09. The number of carbonyl (C=O) groups excluding carboxylic acids is 1. The van der Waals surface area contributed by atoms with Gasteiger partial charge in [-0.2, -0.15) is 0 Å². The molecule has 0 aliphatic rings. The fraction of sp³-hybridized carbons (Fsp3) is 0.222. The van der Waals surface area contributed by atoms with Gasteiger partial charge in [-0.15, -0.1) is 0 Å². The third-order valence-electron chi connectivity index (χ3n) is 1.28. The molecule has 0 radical (unpaired) electrons. The summed E-state index contributed by atoms with van der Waals surface area (Å²) in [5.41, 5.74) is 0.606. The summed E-state index contributed by atoms with van der Waals surface area (Å²) in [4.78, 5) is 11.0. The van der Waals surface area contributed by atoms with Crippen LogP contribution in [0.3, 0.4) is 0 Å². The molecule has 0 aromatic heterocycles. The maximum atomic E-state index is 11.0. The fourth-order valence-corrected chi connectivity index (χ4v) is 0.789. The van der Waals surface area contributed by atoms with E-state index in [-0.39, 0.29) is 43.7 Å². The van der Waals surface area contributed by atoms with Crippen LogP contribution in [0.25, 0.3) is 0 Å². The summed E-state index contributed by atoms with van der Waals surface area (Å²) in [7, 11) is 0. The quantitative estimate of drug-likeness (QED) is 0.515. The predicted octanol–water partition coefficient (Wildman–Crippen LogP) is 0.947. The summed E-state index contributed by atoms with van der Waals surface area (Å²) in [5, 5.41) is 0. The number of carbonyl (C=O) groups is 1. The first kappa shape index (κ1) is 11.9. The maximum absolute atomic E-state index is 11.0. The molecule has 0 spiro atoms. The monoisotopic (exact) mass is 192 g/mol. The second-order valence-electron chi connectivity index (χ2n) is 2.09. The number of hydrogen-bond donors (Lipinski definition) is 0. The molecular formula is C9H12CaO2. The van der Waals surface area contributed by atoms with E-state index in [0.29, 0.717) is 12.2 Å². The van der Waals surface area contributed by atoms with Crippen molar-refractivity contribution in [1.29, 1.82) is 0 Å². The van der Waals surface area contributed by atoms with Crippen LogP contribution >= 0.6 is 0 Å². The van der Waals surface area contributed by atoms with Crippen LogP contribution in [0.15, 0.2) is 30.3 Å². The van der Waals surface area contributed by atoms with Crippen LogP contribution in [-0.4, -0.2) is 50.3 Å². The number of rotatable bonds is 2. The van der Waals surface area contributed by atoms with E-state index in [1.165, 1.54) is 0 Å². The number of esters is 1. The Morgan fingerprint density at radius 3 is 2.42 bits per heavy atom. The van der Waals surface area contributed by atoms with E-state index in [1.807, 2.05) is 18.2 Å². The summed E-state index contributed by atoms with van der Waals surface area (Å²) in [6.45, 7) is 2.22. The summed E-state index contributed by atoms with van der Waals surface area (Å²) in [6.07, 6.45) is 0. The van der Waals surface area contributed by atoms with E-state index in [9.17, 15) is 4.79 Å². The molecule has 0 saturated heterocycles. The Hall–Kier alpha value is -0.0503. The minimum atomic E-state index is -0.256. The van der Waals surface area contributed by atoms with Crippen molar-refractivity contribution in [3.05, 3.63) is 35.9 Å². The molecule has 0 aliphatic carbocycles. The normalized spacial score (nSPS) is 8.42. The summed E-state index contributed by atoms with van der Waals surface area (Å²) >= 11 is 0. The van der Waals surface area contributed by atoms with Gasteiger partial charge in [0.2, 0.25) is 0 Å². The minimum absolute atomic E-state index is 0. The second kappa shape index (κ2) is 6.46. The molecule has 0 atom stereocenters. The van der Waals surface area contributed by atoms with Gasteiger partial charge in [0.15, 0.2) is 0 Å². The predicted molar refractivity (Wildman–Crippen MR) is 50.9 cm³/mol. The molecule has 0 saturated carbocycles. The molecule has 0 aliphatic heterocycles. The standard InChI is InChI=1S/C9H10O2.Ca.2H/c1-2-11-9(10)8-6-4-3-5-7-8;;;/h3-7H,2H2,1H3;;;. The van der Waals surface area contributed by atoms with Crippen molar-refractivity contribution in [3.63, 3.8) is 0 Å². The first-order valence-corrected chi connectivity index (χ1v) is 3.56. The molecule has 0 amide bonds. The molecule has 2 nitrogen and oxygen atoms in total. The van der Waals surface area contributed by atoms with Gasteiger partial charge in [0.05, 0.1) is 12.2 Å². The number of ether oxygens (including phenoxy) is 1. The Kier molecular flexibility index (Phi) is 6.44. The van der Waals surface area contributed by atoms with E-state index in [4.69, 9.17) is 4.74 Å². The van der Waals surface area contributed by atoms with Crippen molar-refractivity contribution in [3.8, 4) is 0 Å². The Labute approximate surface area is 102 Å². The Morgan fingerprint density at radius 2 is 1.92 bits per heavy atom. The summed E-state index contributed by atoms with van der Waals surface area (Å²) in [6, 6.07) is 8.96. The molecule has 62 valence electrons. The van der Waals surface area contributed by atoms with Gasteiger partial charge in [0.1, 0.15) is 0 Å². The van der Waals surface area contributed by atoms with E-state index >= 15 is 0 Å². The van der Waals surface area contributed by atoms with Crippen molar-refractivity contribution >= 4 is 43.7 Å². The SMILES string of the molecule is CCOC(=O)c1ccccc1.[CaH2]. The van der Waals surface area contributed by atoms with Crippen LogP contribution in [0.2, 0.25) is 0 Å². The number of benzene rings is 1. The molecule has 0 unspecified atom stereocenters. The van der Waals surface area contributed by atoms with Gasteiger partial charge in [-0.25, -0.2) is 4.79 Å². The molecular weight excluding hydrogens is 180 g/mol. The molecule has 0 fully saturated rings. The average molecular weight is 192 g/mol. The summed E-state index contributed by atoms with van der Waals surface area (Å²) in [5.74, 6) is -0.256. The summed E-state index contributed by atoms with van der Waals surface area (Å²) < 4.78 is 4.79. The fourth-order valence-electron chi connectivity index (χ4n) is 0.789. The topological polar surface area (TPSA) is 26.3 Å². The van der Waals surface area contributed by atoms with Crippen molar-refractivity contribution in [2.75, 3.05) is 6.61 Å². The Morgan fingerprint density at radius 1 is 1.33 bits per heavy atom. The molecule has 1 rings (SSSR count). The van der Waals surface area contributed by atoms with Gasteiger partial charge >= 0.3 is 43.7 Å². The van der Waals surface area contributed by atoms with Crippen LogP contribution in [0.4, 0.5) is 0 Å². The first-order valence-electron chi connectivity index (χ1n) is 3.56. The first-order chi connectivity index (χ1) is 5.34. The molecule has 1 aromatic carbocycles. The molecule has 12 heavy (non-hydrogen) atoms. The molecule has 0 bridgehead atoms. The Bertz CT molecular complexity index is 234. The van der Waals surface area contributed by atoms with Crippen LogP contribution < -0.4 is 0 Å². The van der Waals surface area contributed by atoms with Crippen LogP contribution in [-0.2, 0) is 4.74 Å². The van der Waals surface area contributed by atoms with E-state index in [0.717, 1.165) is 0 Å². The van der Waals surface area contributed by atoms with Crippen molar-refractivity contribution in [1.82, 2.24) is 0 Å². The molecule has 0 N–H and O–H groups in total. The van der Waals surface area contributed by atoms with E-state index in [2.05, 4.69) is 0 Å². The van der Waals surface area contributed by atoms with Gasteiger partial charge in [-0.05, 0) is 19.1 Å². The Balaban J connectivity index is 0.00000121. The van der Waals surface area contributed by atoms with Gasteiger partial charge < -0.3 is 4.74 Å². The zero-order chi connectivity index (χ0) is 8.10. The number of hydrogen-bond acceptors (Lipinski definition) is 2. The van der Waals surface area contributed by atoms with Gasteiger partial charge in [0, 0.05) is 0 Å². The van der Waals surface area contributed by atoms with Gasteiger partial charge in [-0.3, -0.25) is 0 Å². The molecule has 1 aromatic rings. The van der Waals surface area contributed by atoms with Crippen molar-refractivity contribution in [2.24, 2.45) is 0 Å². The zero-order valence-electron chi connectivity index (χ0n) is 6.41. The zero-order valence-corrected chi connectivity index (χ0v) is 6.41. The van der Waals surface area contributed by atoms with Gasteiger partial charge in [0.25, 0.3) is 0 Å². The molecule has 3 heteroatoms. The molecule has 0 heterocycles. The average Bonchev–Trinajstić information content (AvgIpc) is 2.07. The van der Waals surface area contributed by atoms with Crippen LogP contribution in [0.5, 0.6) is 0 Å².